The van der Waals surface area contributed by atoms with E-state index in [1.807, 2.05) is 0 Å². The molecule has 1 aromatic carbocycles. The van der Waals surface area contributed by atoms with Gasteiger partial charge in [0.05, 0.1) is 0 Å². The second-order valence-corrected chi connectivity index (χ2v) is 5.03. The zero-order valence-corrected chi connectivity index (χ0v) is 12.2. The van der Waals surface area contributed by atoms with E-state index in [0.29, 0.717) is 6.04 Å². The fraction of sp³-hybridized carbons (Fsp3) is 0.625. The van der Waals surface area contributed by atoms with Gasteiger partial charge in [-0.25, -0.2) is 0 Å². The SMILES string of the molecule is CCNC(CC)CCCN(C)Cc1ccccc1. The van der Waals surface area contributed by atoms with Gasteiger partial charge in [0, 0.05) is 12.6 Å². The zero-order valence-electron chi connectivity index (χ0n) is 12.2. The molecule has 2 nitrogen and oxygen atoms in total. The standard InChI is InChI=1S/C16H28N2/c1-4-16(17-5-2)12-9-13-18(3)14-15-10-7-6-8-11-15/h6-8,10-11,16-17H,4-5,9,12-14H2,1-3H3. The first-order valence-electron chi connectivity index (χ1n) is 7.22. The fourth-order valence-electron chi connectivity index (χ4n) is 2.32. The summed E-state index contributed by atoms with van der Waals surface area (Å²) in [6.07, 6.45) is 3.79. The van der Waals surface area contributed by atoms with Crippen molar-refractivity contribution in [1.29, 1.82) is 0 Å². The van der Waals surface area contributed by atoms with Crippen LogP contribution in [0.15, 0.2) is 30.3 Å². The lowest BCUT2D eigenvalue weighted by atomic mass is 10.1. The van der Waals surface area contributed by atoms with Gasteiger partial charge in [-0.3, -0.25) is 0 Å². The van der Waals surface area contributed by atoms with Gasteiger partial charge < -0.3 is 10.2 Å². The van der Waals surface area contributed by atoms with Crippen LogP contribution in [0.1, 0.15) is 38.7 Å². The fourth-order valence-corrected chi connectivity index (χ4v) is 2.32. The van der Waals surface area contributed by atoms with Crippen LogP contribution in [0.3, 0.4) is 0 Å². The highest BCUT2D eigenvalue weighted by atomic mass is 15.1. The molecule has 0 heterocycles. The van der Waals surface area contributed by atoms with Gasteiger partial charge in [-0.2, -0.15) is 0 Å². The van der Waals surface area contributed by atoms with Gasteiger partial charge in [-0.15, -0.1) is 0 Å². The van der Waals surface area contributed by atoms with Gasteiger partial charge in [-0.05, 0) is 45.0 Å². The van der Waals surface area contributed by atoms with Crippen LogP contribution in [0.4, 0.5) is 0 Å². The predicted octanol–water partition coefficient (Wildman–Crippen LogP) is 3.29. The minimum atomic E-state index is 0.695. The molecule has 102 valence electrons. The Hall–Kier alpha value is -0.860. The van der Waals surface area contributed by atoms with Crippen molar-refractivity contribution in [2.75, 3.05) is 20.1 Å². The summed E-state index contributed by atoms with van der Waals surface area (Å²) in [6.45, 7) is 7.76. The average molecular weight is 248 g/mol. The molecule has 1 atom stereocenters. The van der Waals surface area contributed by atoms with Gasteiger partial charge >= 0.3 is 0 Å². The Balaban J connectivity index is 2.19. The molecule has 0 spiro atoms. The molecule has 0 saturated heterocycles. The summed E-state index contributed by atoms with van der Waals surface area (Å²) >= 11 is 0. The van der Waals surface area contributed by atoms with Crippen molar-refractivity contribution in [3.63, 3.8) is 0 Å². The Morgan fingerprint density at radius 2 is 1.89 bits per heavy atom. The van der Waals surface area contributed by atoms with Gasteiger partial charge in [0.25, 0.3) is 0 Å². The summed E-state index contributed by atoms with van der Waals surface area (Å²) in [4.78, 5) is 2.41. The van der Waals surface area contributed by atoms with E-state index in [0.717, 1.165) is 13.1 Å². The number of nitrogens with zero attached hydrogens (tertiary/aromatic N) is 1. The van der Waals surface area contributed by atoms with Crippen molar-refractivity contribution in [3.8, 4) is 0 Å². The number of rotatable bonds is 9. The van der Waals surface area contributed by atoms with Crippen molar-refractivity contribution >= 4 is 0 Å². The van der Waals surface area contributed by atoms with E-state index < -0.39 is 0 Å². The summed E-state index contributed by atoms with van der Waals surface area (Å²) < 4.78 is 0. The minimum Gasteiger partial charge on any atom is -0.314 e. The number of nitrogens with one attached hydrogen (secondary N) is 1. The average Bonchev–Trinajstić information content (AvgIpc) is 2.39. The van der Waals surface area contributed by atoms with Crippen LogP contribution in [0.2, 0.25) is 0 Å². The van der Waals surface area contributed by atoms with E-state index in [-0.39, 0.29) is 0 Å². The Kier molecular flexibility index (Phi) is 7.70. The van der Waals surface area contributed by atoms with Crippen molar-refractivity contribution in [2.24, 2.45) is 0 Å². The molecule has 0 radical (unpaired) electrons. The third-order valence-corrected chi connectivity index (χ3v) is 3.37. The van der Waals surface area contributed by atoms with Crippen molar-refractivity contribution in [2.45, 2.75) is 45.7 Å². The molecule has 1 aromatic rings. The molecule has 1 rings (SSSR count). The maximum absolute atomic E-state index is 3.54. The molecule has 0 saturated carbocycles. The first kappa shape index (κ1) is 15.2. The van der Waals surface area contributed by atoms with E-state index in [4.69, 9.17) is 0 Å². The summed E-state index contributed by atoms with van der Waals surface area (Å²) in [5.41, 5.74) is 1.40. The van der Waals surface area contributed by atoms with Gasteiger partial charge in [0.15, 0.2) is 0 Å². The first-order chi connectivity index (χ1) is 8.76. The monoisotopic (exact) mass is 248 g/mol. The second kappa shape index (κ2) is 9.12. The highest BCUT2D eigenvalue weighted by Gasteiger charge is 2.05. The molecule has 0 amide bonds. The van der Waals surface area contributed by atoms with Crippen LogP contribution in [0, 0.1) is 0 Å². The maximum atomic E-state index is 3.54. The lowest BCUT2D eigenvalue weighted by Crippen LogP contribution is -2.29. The normalized spacial score (nSPS) is 12.9. The van der Waals surface area contributed by atoms with Crippen molar-refractivity contribution in [1.82, 2.24) is 10.2 Å². The Morgan fingerprint density at radius 1 is 1.17 bits per heavy atom. The van der Waals surface area contributed by atoms with E-state index in [9.17, 15) is 0 Å². The smallest absolute Gasteiger partial charge is 0.0230 e. The Bertz CT molecular complexity index is 297. The van der Waals surface area contributed by atoms with Gasteiger partial charge in [-0.1, -0.05) is 44.2 Å². The second-order valence-electron chi connectivity index (χ2n) is 5.03. The predicted molar refractivity (Wildman–Crippen MR) is 79.8 cm³/mol. The summed E-state index contributed by atoms with van der Waals surface area (Å²) in [5.74, 6) is 0. The molecule has 0 aliphatic heterocycles. The summed E-state index contributed by atoms with van der Waals surface area (Å²) in [6, 6.07) is 11.4. The number of hydrogen-bond acceptors (Lipinski definition) is 2. The Morgan fingerprint density at radius 3 is 2.50 bits per heavy atom. The third kappa shape index (κ3) is 6.18. The zero-order chi connectivity index (χ0) is 13.2. The molecular formula is C16H28N2. The molecule has 0 aliphatic carbocycles. The van der Waals surface area contributed by atoms with Crippen LogP contribution in [0.5, 0.6) is 0 Å². The third-order valence-electron chi connectivity index (χ3n) is 3.37. The van der Waals surface area contributed by atoms with E-state index >= 15 is 0 Å². The van der Waals surface area contributed by atoms with Crippen LogP contribution in [0.25, 0.3) is 0 Å². The molecule has 0 aromatic heterocycles. The quantitative estimate of drug-likeness (QED) is 0.721. The molecule has 0 bridgehead atoms. The van der Waals surface area contributed by atoms with E-state index in [1.54, 1.807) is 0 Å². The highest BCUT2D eigenvalue weighted by molar-refractivity contribution is 5.14. The lowest BCUT2D eigenvalue weighted by molar-refractivity contribution is 0.308. The molecule has 18 heavy (non-hydrogen) atoms. The molecule has 0 fully saturated rings. The molecular weight excluding hydrogens is 220 g/mol. The van der Waals surface area contributed by atoms with Crippen LogP contribution >= 0.6 is 0 Å². The van der Waals surface area contributed by atoms with E-state index in [2.05, 4.69) is 61.4 Å². The van der Waals surface area contributed by atoms with Crippen LogP contribution in [-0.2, 0) is 6.54 Å². The van der Waals surface area contributed by atoms with Crippen molar-refractivity contribution < 1.29 is 0 Å². The van der Waals surface area contributed by atoms with Gasteiger partial charge in [0.1, 0.15) is 0 Å². The van der Waals surface area contributed by atoms with Gasteiger partial charge in [0.2, 0.25) is 0 Å². The highest BCUT2D eigenvalue weighted by Crippen LogP contribution is 2.06. The van der Waals surface area contributed by atoms with Crippen LogP contribution in [-0.4, -0.2) is 31.1 Å². The minimum absolute atomic E-state index is 0.695. The largest absolute Gasteiger partial charge is 0.314 e. The van der Waals surface area contributed by atoms with Crippen LogP contribution < -0.4 is 5.32 Å². The topological polar surface area (TPSA) is 15.3 Å². The molecule has 2 heteroatoms. The van der Waals surface area contributed by atoms with E-state index in [1.165, 1.54) is 31.4 Å². The summed E-state index contributed by atoms with van der Waals surface area (Å²) in [5, 5.41) is 3.54. The number of benzene rings is 1. The molecule has 0 aliphatic rings. The van der Waals surface area contributed by atoms with Crippen molar-refractivity contribution in [3.05, 3.63) is 35.9 Å². The molecule has 1 unspecified atom stereocenters. The first-order valence-corrected chi connectivity index (χ1v) is 7.22. The Labute approximate surface area is 112 Å². The molecule has 1 N–H and O–H groups in total. The lowest BCUT2D eigenvalue weighted by Gasteiger charge is -2.19. The number of hydrogen-bond donors (Lipinski definition) is 1. The maximum Gasteiger partial charge on any atom is 0.0230 e. The summed E-state index contributed by atoms with van der Waals surface area (Å²) in [7, 11) is 2.21.